The zero-order valence-corrected chi connectivity index (χ0v) is 14.1. The SMILES string of the molecule is COc1ncnc(C2CC2)c1-c1nc(N2CCCC2)c2[nH]cnc2n1. The molecular formula is C17H19N7O. The predicted octanol–water partition coefficient (Wildman–Crippen LogP) is 2.30. The van der Waals surface area contributed by atoms with E-state index in [0.29, 0.717) is 23.3 Å². The molecule has 25 heavy (non-hydrogen) atoms. The van der Waals surface area contributed by atoms with Crippen LogP contribution >= 0.6 is 0 Å². The molecule has 0 amide bonds. The Morgan fingerprint density at radius 3 is 2.72 bits per heavy atom. The number of rotatable bonds is 4. The number of aromatic nitrogens is 6. The van der Waals surface area contributed by atoms with Gasteiger partial charge in [-0.05, 0) is 25.7 Å². The number of fused-ring (bicyclic) bond motifs is 1. The molecule has 0 unspecified atom stereocenters. The number of nitrogens with zero attached hydrogens (tertiary/aromatic N) is 6. The molecule has 0 spiro atoms. The second kappa shape index (κ2) is 5.65. The minimum absolute atomic E-state index is 0.445. The number of hydrogen-bond acceptors (Lipinski definition) is 7. The highest BCUT2D eigenvalue weighted by atomic mass is 16.5. The lowest BCUT2D eigenvalue weighted by molar-refractivity contribution is 0.397. The molecule has 0 radical (unpaired) electrons. The molecule has 0 atom stereocenters. The van der Waals surface area contributed by atoms with E-state index in [1.165, 1.54) is 12.8 Å². The molecule has 0 bridgehead atoms. The maximum absolute atomic E-state index is 5.50. The van der Waals surface area contributed by atoms with Crippen molar-refractivity contribution in [3.05, 3.63) is 18.3 Å². The standard InChI is InChI=1S/C17H19N7O/c1-25-17-11(12(10-4-5-10)18-9-21-17)14-22-15-13(19-8-20-15)16(23-14)24-6-2-3-7-24/h8-10H,2-7H2,1H3,(H,19,20,22,23). The molecule has 2 fully saturated rings. The summed E-state index contributed by atoms with van der Waals surface area (Å²) >= 11 is 0. The second-order valence-electron chi connectivity index (χ2n) is 6.58. The summed E-state index contributed by atoms with van der Waals surface area (Å²) in [6.07, 6.45) is 7.86. The lowest BCUT2D eigenvalue weighted by atomic mass is 10.1. The number of anilines is 1. The van der Waals surface area contributed by atoms with Crippen molar-refractivity contribution in [2.45, 2.75) is 31.6 Å². The van der Waals surface area contributed by atoms with Crippen molar-refractivity contribution in [3.8, 4) is 17.3 Å². The number of nitrogens with one attached hydrogen (secondary N) is 1. The summed E-state index contributed by atoms with van der Waals surface area (Å²) in [6, 6.07) is 0. The minimum atomic E-state index is 0.445. The van der Waals surface area contributed by atoms with Crippen molar-refractivity contribution in [1.82, 2.24) is 29.9 Å². The molecule has 3 aromatic heterocycles. The van der Waals surface area contributed by atoms with Crippen LogP contribution in [-0.2, 0) is 0 Å². The van der Waals surface area contributed by atoms with Crippen molar-refractivity contribution in [2.75, 3.05) is 25.1 Å². The quantitative estimate of drug-likeness (QED) is 0.781. The Labute approximate surface area is 144 Å². The Morgan fingerprint density at radius 1 is 1.12 bits per heavy atom. The number of imidazole rings is 1. The highest BCUT2D eigenvalue weighted by Crippen LogP contribution is 2.45. The minimum Gasteiger partial charge on any atom is -0.480 e. The highest BCUT2D eigenvalue weighted by Gasteiger charge is 2.32. The van der Waals surface area contributed by atoms with Crippen molar-refractivity contribution in [1.29, 1.82) is 0 Å². The molecule has 1 aliphatic carbocycles. The average Bonchev–Trinajstić information content (AvgIpc) is 3.15. The molecular weight excluding hydrogens is 318 g/mol. The van der Waals surface area contributed by atoms with Crippen molar-refractivity contribution < 1.29 is 4.74 Å². The van der Waals surface area contributed by atoms with Gasteiger partial charge in [-0.2, -0.15) is 0 Å². The maximum Gasteiger partial charge on any atom is 0.227 e. The largest absolute Gasteiger partial charge is 0.480 e. The van der Waals surface area contributed by atoms with Crippen molar-refractivity contribution in [3.63, 3.8) is 0 Å². The molecule has 1 N–H and O–H groups in total. The van der Waals surface area contributed by atoms with E-state index in [0.717, 1.165) is 48.5 Å². The maximum atomic E-state index is 5.50. The number of H-pyrrole nitrogens is 1. The molecule has 1 saturated heterocycles. The third-order valence-electron chi connectivity index (χ3n) is 4.89. The number of aromatic amines is 1. The van der Waals surface area contributed by atoms with Gasteiger partial charge in [0.2, 0.25) is 5.88 Å². The van der Waals surface area contributed by atoms with Crippen LogP contribution in [0.4, 0.5) is 5.82 Å². The lowest BCUT2D eigenvalue weighted by Gasteiger charge is -2.18. The molecule has 4 heterocycles. The monoisotopic (exact) mass is 337 g/mol. The zero-order chi connectivity index (χ0) is 16.8. The van der Waals surface area contributed by atoms with Gasteiger partial charge in [0, 0.05) is 19.0 Å². The Morgan fingerprint density at radius 2 is 1.96 bits per heavy atom. The van der Waals surface area contributed by atoms with E-state index < -0.39 is 0 Å². The van der Waals surface area contributed by atoms with Gasteiger partial charge in [0.15, 0.2) is 17.3 Å². The van der Waals surface area contributed by atoms with Gasteiger partial charge in [0.25, 0.3) is 0 Å². The molecule has 1 aliphatic heterocycles. The van der Waals surface area contributed by atoms with Crippen LogP contribution in [0.15, 0.2) is 12.7 Å². The van der Waals surface area contributed by atoms with Crippen LogP contribution in [-0.4, -0.2) is 50.1 Å². The predicted molar refractivity (Wildman–Crippen MR) is 92.7 cm³/mol. The Bertz CT molecular complexity index is 928. The molecule has 1 saturated carbocycles. The number of hydrogen-bond donors (Lipinski definition) is 1. The third kappa shape index (κ3) is 2.40. The van der Waals surface area contributed by atoms with E-state index in [-0.39, 0.29) is 0 Å². The van der Waals surface area contributed by atoms with Crippen LogP contribution < -0.4 is 9.64 Å². The molecule has 128 valence electrons. The normalized spacial score (nSPS) is 17.4. The topological polar surface area (TPSA) is 92.7 Å². The van der Waals surface area contributed by atoms with E-state index in [9.17, 15) is 0 Å². The molecule has 3 aromatic rings. The van der Waals surface area contributed by atoms with Crippen LogP contribution in [0, 0.1) is 0 Å². The van der Waals surface area contributed by atoms with Gasteiger partial charge in [-0.15, -0.1) is 0 Å². The highest BCUT2D eigenvalue weighted by molar-refractivity contribution is 5.86. The zero-order valence-electron chi connectivity index (χ0n) is 14.1. The number of ether oxygens (including phenoxy) is 1. The molecule has 0 aromatic carbocycles. The van der Waals surface area contributed by atoms with E-state index in [1.807, 2.05) is 0 Å². The average molecular weight is 337 g/mol. The van der Waals surface area contributed by atoms with E-state index in [2.05, 4.69) is 29.8 Å². The summed E-state index contributed by atoms with van der Waals surface area (Å²) in [7, 11) is 1.62. The smallest absolute Gasteiger partial charge is 0.227 e. The fourth-order valence-corrected chi connectivity index (χ4v) is 3.50. The first-order chi connectivity index (χ1) is 12.3. The van der Waals surface area contributed by atoms with E-state index in [4.69, 9.17) is 9.72 Å². The summed E-state index contributed by atoms with van der Waals surface area (Å²) in [4.78, 5) is 28.2. The van der Waals surface area contributed by atoms with E-state index >= 15 is 0 Å². The first-order valence-corrected chi connectivity index (χ1v) is 8.70. The van der Waals surface area contributed by atoms with Crippen molar-refractivity contribution in [2.24, 2.45) is 0 Å². The van der Waals surface area contributed by atoms with E-state index in [1.54, 1.807) is 19.8 Å². The fourth-order valence-electron chi connectivity index (χ4n) is 3.50. The van der Waals surface area contributed by atoms with Gasteiger partial charge in [0.05, 0.1) is 19.1 Å². The molecule has 8 heteroatoms. The second-order valence-corrected chi connectivity index (χ2v) is 6.58. The van der Waals surface area contributed by atoms with Crippen LogP contribution in [0.25, 0.3) is 22.6 Å². The Balaban J connectivity index is 1.73. The first kappa shape index (κ1) is 14.6. The summed E-state index contributed by atoms with van der Waals surface area (Å²) in [6.45, 7) is 2.00. The molecule has 2 aliphatic rings. The Kier molecular flexibility index (Phi) is 3.29. The van der Waals surface area contributed by atoms with Crippen LogP contribution in [0.2, 0.25) is 0 Å². The summed E-state index contributed by atoms with van der Waals surface area (Å²) in [5, 5.41) is 0. The van der Waals surface area contributed by atoms with Gasteiger partial charge >= 0.3 is 0 Å². The third-order valence-corrected chi connectivity index (χ3v) is 4.89. The first-order valence-electron chi connectivity index (χ1n) is 8.70. The van der Waals surface area contributed by atoms with Crippen molar-refractivity contribution >= 4 is 17.0 Å². The fraction of sp³-hybridized carbons (Fsp3) is 0.471. The van der Waals surface area contributed by atoms with Gasteiger partial charge in [-0.1, -0.05) is 0 Å². The lowest BCUT2D eigenvalue weighted by Crippen LogP contribution is -2.20. The molecule has 8 nitrogen and oxygen atoms in total. The summed E-state index contributed by atoms with van der Waals surface area (Å²) < 4.78 is 5.50. The summed E-state index contributed by atoms with van der Waals surface area (Å²) in [5.74, 6) is 2.48. The number of methoxy groups -OCH3 is 1. The van der Waals surface area contributed by atoms with Gasteiger partial charge in [0.1, 0.15) is 17.4 Å². The van der Waals surface area contributed by atoms with Gasteiger partial charge < -0.3 is 14.6 Å². The van der Waals surface area contributed by atoms with Crippen LogP contribution in [0.1, 0.15) is 37.3 Å². The Hall–Kier alpha value is -2.77. The summed E-state index contributed by atoms with van der Waals surface area (Å²) in [5.41, 5.74) is 3.33. The van der Waals surface area contributed by atoms with Crippen LogP contribution in [0.5, 0.6) is 5.88 Å². The van der Waals surface area contributed by atoms with Gasteiger partial charge in [-0.3, -0.25) is 0 Å². The molecule has 5 rings (SSSR count). The van der Waals surface area contributed by atoms with Gasteiger partial charge in [-0.25, -0.2) is 24.9 Å². The van der Waals surface area contributed by atoms with Crippen LogP contribution in [0.3, 0.4) is 0 Å².